The average Bonchev–Trinajstić information content (AvgIpc) is 2.97. The van der Waals surface area contributed by atoms with Gasteiger partial charge in [-0.15, -0.1) is 0 Å². The van der Waals surface area contributed by atoms with Gasteiger partial charge in [0.05, 0.1) is 38.9 Å². The maximum absolute atomic E-state index is 13.7. The molecule has 0 amide bonds. The zero-order chi connectivity index (χ0) is 27.8. The minimum Gasteiger partial charge on any atom is -0.497 e. The van der Waals surface area contributed by atoms with Crippen LogP contribution in [0.1, 0.15) is 41.3 Å². The molecule has 2 aromatic heterocycles. The molecule has 0 fully saturated rings. The second kappa shape index (κ2) is 12.9. The molecule has 4 aromatic rings. The van der Waals surface area contributed by atoms with Crippen LogP contribution in [0.3, 0.4) is 0 Å². The lowest BCUT2D eigenvalue weighted by Gasteiger charge is -2.19. The lowest BCUT2D eigenvalue weighted by atomic mass is 10.1. The van der Waals surface area contributed by atoms with Crippen LogP contribution in [-0.2, 0) is 13.1 Å². The molecule has 10 heteroatoms. The first-order chi connectivity index (χ1) is 19.0. The minimum atomic E-state index is -0.286. The first-order valence-corrected chi connectivity index (χ1v) is 12.8. The lowest BCUT2D eigenvalue weighted by molar-refractivity contribution is 0.112. The number of hydrogen-bond donors (Lipinski definition) is 3. The van der Waals surface area contributed by atoms with Crippen LogP contribution in [0.15, 0.2) is 59.5 Å². The highest BCUT2D eigenvalue weighted by atomic mass is 16.5. The Bertz CT molecular complexity index is 1490. The van der Waals surface area contributed by atoms with E-state index in [0.717, 1.165) is 29.6 Å². The number of methoxy groups -OCH3 is 2. The van der Waals surface area contributed by atoms with Gasteiger partial charge in [-0.3, -0.25) is 9.59 Å². The maximum atomic E-state index is 13.7. The predicted molar refractivity (Wildman–Crippen MR) is 151 cm³/mol. The van der Waals surface area contributed by atoms with Gasteiger partial charge >= 0.3 is 0 Å². The number of aromatic nitrogens is 3. The summed E-state index contributed by atoms with van der Waals surface area (Å²) >= 11 is 0. The molecule has 0 saturated heterocycles. The third-order valence-electron chi connectivity index (χ3n) is 6.42. The van der Waals surface area contributed by atoms with Crippen molar-refractivity contribution in [1.29, 1.82) is 0 Å². The Morgan fingerprint density at radius 1 is 1.08 bits per heavy atom. The van der Waals surface area contributed by atoms with E-state index in [1.807, 2.05) is 31.2 Å². The average molecular weight is 532 g/mol. The summed E-state index contributed by atoms with van der Waals surface area (Å²) in [5, 5.41) is 16.7. The number of benzene rings is 2. The SMILES string of the molecule is CCC[C@@H](CO)Nc1nc(NCc2ccc(OC)cc2)nc2ccn(Cc3ccc(C=O)cc3OC)c(=O)c12. The third-order valence-corrected chi connectivity index (χ3v) is 6.42. The highest BCUT2D eigenvalue weighted by Crippen LogP contribution is 2.24. The zero-order valence-electron chi connectivity index (χ0n) is 22.3. The standard InChI is InChI=1S/C29H33N5O5/c1-4-5-22(18-36)31-27-26-24(32-29(33-27)30-15-19-7-10-23(38-2)11-8-19)12-13-34(28(26)37)16-21-9-6-20(17-35)14-25(21)39-3/h6-14,17,22,36H,4-5,15-16,18H2,1-3H3,(H2,30,31,32,33)/t22-/m0/s1. The van der Waals surface area contributed by atoms with Gasteiger partial charge in [-0.05, 0) is 36.2 Å². The topological polar surface area (TPSA) is 128 Å². The van der Waals surface area contributed by atoms with Crippen LogP contribution >= 0.6 is 0 Å². The fraction of sp³-hybridized carbons (Fsp3) is 0.310. The summed E-state index contributed by atoms with van der Waals surface area (Å²) in [4.78, 5) is 34.1. The fourth-order valence-corrected chi connectivity index (χ4v) is 4.31. The number of aliphatic hydroxyl groups excluding tert-OH is 1. The van der Waals surface area contributed by atoms with E-state index in [1.54, 1.807) is 42.1 Å². The van der Waals surface area contributed by atoms with Crippen LogP contribution in [0.2, 0.25) is 0 Å². The molecule has 4 rings (SSSR count). The van der Waals surface area contributed by atoms with Gasteiger partial charge in [0.2, 0.25) is 5.95 Å². The van der Waals surface area contributed by atoms with Crippen LogP contribution in [0.25, 0.3) is 10.9 Å². The van der Waals surface area contributed by atoms with Crippen molar-refractivity contribution in [3.05, 3.63) is 81.8 Å². The first-order valence-electron chi connectivity index (χ1n) is 12.8. The van der Waals surface area contributed by atoms with E-state index >= 15 is 0 Å². The number of fused-ring (bicyclic) bond motifs is 1. The van der Waals surface area contributed by atoms with Gasteiger partial charge in [-0.1, -0.05) is 37.6 Å². The summed E-state index contributed by atoms with van der Waals surface area (Å²) in [6.07, 6.45) is 3.98. The number of pyridine rings is 1. The van der Waals surface area contributed by atoms with Gasteiger partial charge in [-0.25, -0.2) is 4.98 Å². The summed E-state index contributed by atoms with van der Waals surface area (Å²) in [5.41, 5.74) is 2.44. The number of aliphatic hydroxyl groups is 1. The lowest BCUT2D eigenvalue weighted by Crippen LogP contribution is -2.27. The van der Waals surface area contributed by atoms with Crippen LogP contribution < -0.4 is 25.7 Å². The van der Waals surface area contributed by atoms with E-state index in [9.17, 15) is 14.7 Å². The smallest absolute Gasteiger partial charge is 0.264 e. The molecule has 0 aliphatic rings. The molecule has 0 radical (unpaired) electrons. The number of carbonyl (C=O) groups excluding carboxylic acids is 1. The highest BCUT2D eigenvalue weighted by Gasteiger charge is 2.17. The Hall–Kier alpha value is -4.44. The second-order valence-corrected chi connectivity index (χ2v) is 9.11. The molecule has 204 valence electrons. The summed E-state index contributed by atoms with van der Waals surface area (Å²) in [6.45, 7) is 2.63. The number of hydrogen-bond acceptors (Lipinski definition) is 9. The van der Waals surface area contributed by atoms with Crippen molar-refractivity contribution in [3.8, 4) is 11.5 Å². The normalized spacial score (nSPS) is 11.7. The molecule has 0 aliphatic heterocycles. The van der Waals surface area contributed by atoms with Crippen LogP contribution in [-0.4, -0.2) is 52.8 Å². The molecule has 2 heterocycles. The van der Waals surface area contributed by atoms with E-state index in [2.05, 4.69) is 20.6 Å². The van der Waals surface area contributed by atoms with Crippen LogP contribution in [0, 0.1) is 0 Å². The highest BCUT2D eigenvalue weighted by molar-refractivity contribution is 5.89. The Balaban J connectivity index is 1.71. The molecule has 10 nitrogen and oxygen atoms in total. The Labute approximate surface area is 226 Å². The number of aldehydes is 1. The molecule has 0 spiro atoms. The molecule has 39 heavy (non-hydrogen) atoms. The molecule has 2 aromatic carbocycles. The maximum Gasteiger partial charge on any atom is 0.264 e. The van der Waals surface area contributed by atoms with Crippen molar-refractivity contribution in [2.24, 2.45) is 0 Å². The number of nitrogens with zero attached hydrogens (tertiary/aromatic N) is 3. The molecule has 0 bridgehead atoms. The van der Waals surface area contributed by atoms with E-state index in [1.165, 1.54) is 7.11 Å². The number of carbonyl (C=O) groups is 1. The van der Waals surface area contributed by atoms with Gasteiger partial charge < -0.3 is 29.8 Å². The Morgan fingerprint density at radius 3 is 2.54 bits per heavy atom. The van der Waals surface area contributed by atoms with Crippen molar-refractivity contribution in [1.82, 2.24) is 14.5 Å². The van der Waals surface area contributed by atoms with E-state index in [-0.39, 0.29) is 24.8 Å². The number of rotatable bonds is 13. The zero-order valence-corrected chi connectivity index (χ0v) is 22.3. The van der Waals surface area contributed by atoms with Gasteiger partial charge in [0.1, 0.15) is 29.0 Å². The van der Waals surface area contributed by atoms with Gasteiger partial charge in [0.25, 0.3) is 5.56 Å². The monoisotopic (exact) mass is 531 g/mol. The summed E-state index contributed by atoms with van der Waals surface area (Å²) in [7, 11) is 3.15. The first kappa shape index (κ1) is 27.6. The molecule has 0 unspecified atom stereocenters. The number of anilines is 2. The Morgan fingerprint density at radius 2 is 1.87 bits per heavy atom. The van der Waals surface area contributed by atoms with Crippen molar-refractivity contribution in [2.75, 3.05) is 31.5 Å². The van der Waals surface area contributed by atoms with E-state index in [0.29, 0.717) is 46.9 Å². The van der Waals surface area contributed by atoms with Crippen molar-refractivity contribution >= 4 is 29.0 Å². The van der Waals surface area contributed by atoms with Gasteiger partial charge in [-0.2, -0.15) is 4.98 Å². The van der Waals surface area contributed by atoms with Crippen molar-refractivity contribution < 1.29 is 19.4 Å². The largest absolute Gasteiger partial charge is 0.497 e. The molecular formula is C29H33N5O5. The quantitative estimate of drug-likeness (QED) is 0.220. The predicted octanol–water partition coefficient (Wildman–Crippen LogP) is 3.85. The summed E-state index contributed by atoms with van der Waals surface area (Å²) < 4.78 is 12.2. The van der Waals surface area contributed by atoms with E-state index < -0.39 is 0 Å². The molecule has 0 aliphatic carbocycles. The summed E-state index contributed by atoms with van der Waals surface area (Å²) in [6, 6.07) is 14.2. The number of ether oxygens (including phenoxy) is 2. The molecular weight excluding hydrogens is 498 g/mol. The van der Waals surface area contributed by atoms with Crippen molar-refractivity contribution in [2.45, 2.75) is 38.9 Å². The van der Waals surface area contributed by atoms with Gasteiger partial charge in [0, 0.05) is 23.9 Å². The van der Waals surface area contributed by atoms with Crippen molar-refractivity contribution in [3.63, 3.8) is 0 Å². The second-order valence-electron chi connectivity index (χ2n) is 9.11. The van der Waals surface area contributed by atoms with Crippen LogP contribution in [0.5, 0.6) is 11.5 Å². The van der Waals surface area contributed by atoms with Gasteiger partial charge in [0.15, 0.2) is 0 Å². The fourth-order valence-electron chi connectivity index (χ4n) is 4.31. The minimum absolute atomic E-state index is 0.102. The molecule has 1 atom stereocenters. The van der Waals surface area contributed by atoms with Crippen LogP contribution in [0.4, 0.5) is 11.8 Å². The molecule has 0 saturated carbocycles. The summed E-state index contributed by atoms with van der Waals surface area (Å²) in [5.74, 6) is 2.00. The third kappa shape index (κ3) is 6.53. The molecule has 3 N–H and O–H groups in total. The number of nitrogens with one attached hydrogen (secondary N) is 2. The Kier molecular flexibility index (Phi) is 9.11. The van der Waals surface area contributed by atoms with E-state index in [4.69, 9.17) is 9.47 Å².